The summed E-state index contributed by atoms with van der Waals surface area (Å²) in [5.74, 6) is -0.209. The lowest BCUT2D eigenvalue weighted by Gasteiger charge is -2.08. The monoisotopic (exact) mass is 352 g/mol. The zero-order valence-electron chi connectivity index (χ0n) is 15.4. The van der Waals surface area contributed by atoms with Gasteiger partial charge in [-0.25, -0.2) is 5.43 Å². The van der Waals surface area contributed by atoms with Gasteiger partial charge in [0.05, 0.1) is 6.21 Å². The molecule has 1 N–H and O–H groups in total. The maximum Gasteiger partial charge on any atom is 0.271 e. The first kappa shape index (κ1) is 17.0. The Kier molecular flexibility index (Phi) is 4.43. The predicted octanol–water partition coefficient (Wildman–Crippen LogP) is 5.37. The Bertz CT molecular complexity index is 1140. The third kappa shape index (κ3) is 3.32. The molecule has 0 aliphatic rings. The van der Waals surface area contributed by atoms with E-state index in [0.29, 0.717) is 5.56 Å². The van der Waals surface area contributed by atoms with E-state index in [-0.39, 0.29) is 5.91 Å². The molecule has 0 heterocycles. The second-order valence-corrected chi connectivity index (χ2v) is 6.73. The standard InChI is InChI=1S/C24H20N2O/c1-16-11-12-20(13-17(16)2)24(27)26-25-15-23-21-9-5-3-7-18(21)14-19-8-4-6-10-22(19)23/h3-15H,1-2H3,(H,26,27)/b25-15+. The lowest BCUT2D eigenvalue weighted by molar-refractivity contribution is 0.0955. The van der Waals surface area contributed by atoms with E-state index < -0.39 is 0 Å². The second-order valence-electron chi connectivity index (χ2n) is 6.73. The van der Waals surface area contributed by atoms with Crippen LogP contribution in [0.5, 0.6) is 0 Å². The van der Waals surface area contributed by atoms with Crippen LogP contribution in [0.15, 0.2) is 77.9 Å². The number of amides is 1. The molecule has 0 atom stereocenters. The summed E-state index contributed by atoms with van der Waals surface area (Å²) < 4.78 is 0. The summed E-state index contributed by atoms with van der Waals surface area (Å²) in [7, 11) is 0. The molecule has 0 saturated heterocycles. The highest BCUT2D eigenvalue weighted by atomic mass is 16.2. The average Bonchev–Trinajstić information content (AvgIpc) is 2.69. The molecule has 0 bridgehead atoms. The summed E-state index contributed by atoms with van der Waals surface area (Å²) in [4.78, 5) is 12.4. The average molecular weight is 352 g/mol. The summed E-state index contributed by atoms with van der Waals surface area (Å²) >= 11 is 0. The van der Waals surface area contributed by atoms with Crippen molar-refractivity contribution in [3.63, 3.8) is 0 Å². The molecule has 0 unspecified atom stereocenters. The molecule has 4 rings (SSSR count). The number of aryl methyl sites for hydroxylation is 2. The van der Waals surface area contributed by atoms with Gasteiger partial charge < -0.3 is 0 Å². The zero-order valence-corrected chi connectivity index (χ0v) is 15.4. The molecular formula is C24H20N2O. The smallest absolute Gasteiger partial charge is 0.267 e. The molecule has 0 aromatic heterocycles. The highest BCUT2D eigenvalue weighted by molar-refractivity contribution is 6.13. The molecular weight excluding hydrogens is 332 g/mol. The fourth-order valence-electron chi connectivity index (χ4n) is 3.29. The van der Waals surface area contributed by atoms with E-state index in [0.717, 1.165) is 38.2 Å². The Morgan fingerprint density at radius 3 is 2.07 bits per heavy atom. The maximum atomic E-state index is 12.4. The van der Waals surface area contributed by atoms with E-state index in [9.17, 15) is 4.79 Å². The number of carbonyl (C=O) groups excluding carboxylic acids is 1. The summed E-state index contributed by atoms with van der Waals surface area (Å²) in [5.41, 5.74) is 6.52. The topological polar surface area (TPSA) is 41.5 Å². The van der Waals surface area contributed by atoms with Gasteiger partial charge in [0.2, 0.25) is 0 Å². The molecule has 4 aromatic rings. The van der Waals surface area contributed by atoms with Gasteiger partial charge >= 0.3 is 0 Å². The Morgan fingerprint density at radius 1 is 0.815 bits per heavy atom. The number of rotatable bonds is 3. The fourth-order valence-corrected chi connectivity index (χ4v) is 3.29. The van der Waals surface area contributed by atoms with E-state index >= 15 is 0 Å². The van der Waals surface area contributed by atoms with Gasteiger partial charge in [-0.2, -0.15) is 5.10 Å². The van der Waals surface area contributed by atoms with Gasteiger partial charge in [-0.15, -0.1) is 0 Å². The lowest BCUT2D eigenvalue weighted by atomic mass is 9.97. The third-order valence-electron chi connectivity index (χ3n) is 4.94. The molecule has 0 aliphatic carbocycles. The normalized spacial score (nSPS) is 11.3. The molecule has 0 saturated carbocycles. The van der Waals surface area contributed by atoms with Crippen molar-refractivity contribution in [2.24, 2.45) is 5.10 Å². The summed E-state index contributed by atoms with van der Waals surface area (Å²) in [6.07, 6.45) is 1.74. The van der Waals surface area contributed by atoms with E-state index in [1.807, 2.05) is 56.3 Å². The largest absolute Gasteiger partial charge is 0.271 e. The van der Waals surface area contributed by atoms with Crippen LogP contribution in [-0.2, 0) is 0 Å². The van der Waals surface area contributed by atoms with Gasteiger partial charge in [0, 0.05) is 11.1 Å². The fraction of sp³-hybridized carbons (Fsp3) is 0.0833. The Morgan fingerprint density at radius 2 is 1.44 bits per heavy atom. The second kappa shape index (κ2) is 7.04. The van der Waals surface area contributed by atoms with Crippen molar-refractivity contribution in [1.82, 2.24) is 5.43 Å². The number of benzene rings is 4. The van der Waals surface area contributed by atoms with Gasteiger partial charge in [0.25, 0.3) is 5.91 Å². The van der Waals surface area contributed by atoms with Crippen molar-refractivity contribution in [3.05, 3.63) is 95.1 Å². The van der Waals surface area contributed by atoms with Crippen LogP contribution < -0.4 is 5.43 Å². The summed E-state index contributed by atoms with van der Waals surface area (Å²) in [5, 5.41) is 8.77. The van der Waals surface area contributed by atoms with Crippen LogP contribution in [0.2, 0.25) is 0 Å². The zero-order chi connectivity index (χ0) is 18.8. The van der Waals surface area contributed by atoms with Crippen LogP contribution in [0.4, 0.5) is 0 Å². The third-order valence-corrected chi connectivity index (χ3v) is 4.94. The van der Waals surface area contributed by atoms with E-state index in [1.54, 1.807) is 6.21 Å². The maximum absolute atomic E-state index is 12.4. The number of carbonyl (C=O) groups is 1. The van der Waals surface area contributed by atoms with Gasteiger partial charge in [-0.05, 0) is 64.7 Å². The number of nitrogens with zero attached hydrogens (tertiary/aromatic N) is 1. The van der Waals surface area contributed by atoms with E-state index in [2.05, 4.69) is 40.9 Å². The van der Waals surface area contributed by atoms with Crippen molar-refractivity contribution in [1.29, 1.82) is 0 Å². The minimum atomic E-state index is -0.209. The van der Waals surface area contributed by atoms with Crippen molar-refractivity contribution in [3.8, 4) is 0 Å². The number of hydrogen-bond acceptors (Lipinski definition) is 2. The molecule has 0 aliphatic heterocycles. The van der Waals surface area contributed by atoms with Crippen molar-refractivity contribution >= 4 is 33.7 Å². The number of nitrogens with one attached hydrogen (secondary N) is 1. The Hall–Kier alpha value is -3.46. The van der Waals surface area contributed by atoms with Crippen molar-refractivity contribution in [2.75, 3.05) is 0 Å². The molecule has 4 aromatic carbocycles. The quantitative estimate of drug-likeness (QED) is 0.300. The molecule has 3 heteroatoms. The lowest BCUT2D eigenvalue weighted by Crippen LogP contribution is -2.17. The van der Waals surface area contributed by atoms with E-state index in [4.69, 9.17) is 0 Å². The van der Waals surface area contributed by atoms with E-state index in [1.165, 1.54) is 0 Å². The van der Waals surface area contributed by atoms with Gasteiger partial charge in [0.15, 0.2) is 0 Å². The Balaban J connectivity index is 1.69. The molecule has 1 amide bonds. The minimum absolute atomic E-state index is 0.209. The first-order valence-electron chi connectivity index (χ1n) is 8.94. The van der Waals surface area contributed by atoms with Crippen LogP contribution in [0.25, 0.3) is 21.5 Å². The molecule has 0 fully saturated rings. The van der Waals surface area contributed by atoms with Crippen molar-refractivity contribution < 1.29 is 4.79 Å². The summed E-state index contributed by atoms with van der Waals surface area (Å²) in [6, 6.07) is 24.3. The van der Waals surface area contributed by atoms with Crippen molar-refractivity contribution in [2.45, 2.75) is 13.8 Å². The minimum Gasteiger partial charge on any atom is -0.267 e. The van der Waals surface area contributed by atoms with Crippen LogP contribution in [0.1, 0.15) is 27.0 Å². The molecule has 0 spiro atoms. The van der Waals surface area contributed by atoms with Gasteiger partial charge in [-0.1, -0.05) is 54.6 Å². The van der Waals surface area contributed by atoms with Crippen LogP contribution in [0.3, 0.4) is 0 Å². The number of hydrazone groups is 1. The SMILES string of the molecule is Cc1ccc(C(=O)N/N=C/c2c3ccccc3cc3ccccc23)cc1C. The molecule has 132 valence electrons. The predicted molar refractivity (Wildman–Crippen MR) is 112 cm³/mol. The van der Waals surface area contributed by atoms with Crippen LogP contribution >= 0.6 is 0 Å². The first-order chi connectivity index (χ1) is 13.1. The molecule has 27 heavy (non-hydrogen) atoms. The number of hydrogen-bond donors (Lipinski definition) is 1. The molecule has 3 nitrogen and oxygen atoms in total. The highest BCUT2D eigenvalue weighted by Gasteiger charge is 2.07. The van der Waals surface area contributed by atoms with Gasteiger partial charge in [-0.3, -0.25) is 4.79 Å². The molecule has 0 radical (unpaired) electrons. The van der Waals surface area contributed by atoms with Gasteiger partial charge in [0.1, 0.15) is 0 Å². The van der Waals surface area contributed by atoms with Crippen LogP contribution in [-0.4, -0.2) is 12.1 Å². The Labute approximate surface area is 158 Å². The first-order valence-corrected chi connectivity index (χ1v) is 8.94. The highest BCUT2D eigenvalue weighted by Crippen LogP contribution is 2.27. The summed E-state index contributed by atoms with van der Waals surface area (Å²) in [6.45, 7) is 4.03. The number of fused-ring (bicyclic) bond motifs is 2. The van der Waals surface area contributed by atoms with Crippen LogP contribution in [0, 0.1) is 13.8 Å².